The van der Waals surface area contributed by atoms with Gasteiger partial charge >= 0.3 is 0 Å². The highest BCUT2D eigenvalue weighted by atomic mass is 16.5. The van der Waals surface area contributed by atoms with E-state index < -0.39 is 0 Å². The van der Waals surface area contributed by atoms with Gasteiger partial charge in [0.15, 0.2) is 0 Å². The number of hydrogen-bond acceptors (Lipinski definition) is 1. The third-order valence-electron chi connectivity index (χ3n) is 4.06. The minimum absolute atomic E-state index is 0.280. The largest absolute Gasteiger partial charge is 0.369 e. The van der Waals surface area contributed by atoms with Gasteiger partial charge in [0.05, 0.1) is 12.7 Å². The SMILES string of the molecule is C=C(C1=C(CCCC)[C@H](C)OC1)/C(=C/C)CCCC. The van der Waals surface area contributed by atoms with Crippen molar-refractivity contribution in [3.63, 3.8) is 0 Å². The van der Waals surface area contributed by atoms with E-state index in [-0.39, 0.29) is 6.10 Å². The average Bonchev–Trinajstić information content (AvgIpc) is 2.78. The zero-order chi connectivity index (χ0) is 14.3. The minimum atomic E-state index is 0.280. The molecule has 0 aromatic rings. The number of unbranched alkanes of at least 4 members (excludes halogenated alkanes) is 2. The maximum Gasteiger partial charge on any atom is 0.0768 e. The molecule has 0 aromatic carbocycles. The molecule has 0 N–H and O–H groups in total. The van der Waals surface area contributed by atoms with Crippen LogP contribution in [-0.2, 0) is 4.74 Å². The number of ether oxygens (including phenoxy) is 1. The molecule has 0 unspecified atom stereocenters. The van der Waals surface area contributed by atoms with E-state index >= 15 is 0 Å². The van der Waals surface area contributed by atoms with E-state index in [0.29, 0.717) is 0 Å². The third kappa shape index (κ3) is 4.35. The van der Waals surface area contributed by atoms with E-state index in [1.165, 1.54) is 48.0 Å². The van der Waals surface area contributed by atoms with Crippen LogP contribution in [-0.4, -0.2) is 12.7 Å². The van der Waals surface area contributed by atoms with E-state index in [4.69, 9.17) is 4.74 Å². The Balaban J connectivity index is 2.84. The first-order valence-electron chi connectivity index (χ1n) is 7.83. The van der Waals surface area contributed by atoms with Gasteiger partial charge in [-0.05, 0) is 61.8 Å². The summed E-state index contributed by atoms with van der Waals surface area (Å²) in [6.45, 7) is 13.9. The molecule has 0 radical (unpaired) electrons. The predicted octanol–water partition coefficient (Wildman–Crippen LogP) is 5.58. The molecule has 1 heteroatoms. The normalized spacial score (nSPS) is 20.2. The molecule has 1 aliphatic heterocycles. The first kappa shape index (κ1) is 16.2. The molecule has 0 aromatic heterocycles. The maximum atomic E-state index is 5.83. The van der Waals surface area contributed by atoms with E-state index in [1.807, 2.05) is 0 Å². The summed E-state index contributed by atoms with van der Waals surface area (Å²) >= 11 is 0. The second-order valence-electron chi connectivity index (χ2n) is 5.46. The smallest absolute Gasteiger partial charge is 0.0768 e. The van der Waals surface area contributed by atoms with E-state index in [0.717, 1.165) is 19.4 Å². The van der Waals surface area contributed by atoms with Crippen molar-refractivity contribution < 1.29 is 4.74 Å². The lowest BCUT2D eigenvalue weighted by Crippen LogP contribution is -2.03. The van der Waals surface area contributed by atoms with Gasteiger partial charge in [0.25, 0.3) is 0 Å². The first-order valence-corrected chi connectivity index (χ1v) is 7.83. The molecule has 0 aliphatic carbocycles. The van der Waals surface area contributed by atoms with Crippen molar-refractivity contribution in [3.8, 4) is 0 Å². The summed E-state index contributed by atoms with van der Waals surface area (Å²) in [6.07, 6.45) is 9.78. The minimum Gasteiger partial charge on any atom is -0.369 e. The number of allylic oxidation sites excluding steroid dienone is 2. The maximum absolute atomic E-state index is 5.83. The van der Waals surface area contributed by atoms with Crippen molar-refractivity contribution >= 4 is 0 Å². The molecule has 0 fully saturated rings. The summed E-state index contributed by atoms with van der Waals surface area (Å²) in [4.78, 5) is 0. The zero-order valence-corrected chi connectivity index (χ0v) is 13.2. The Morgan fingerprint density at radius 3 is 2.58 bits per heavy atom. The third-order valence-corrected chi connectivity index (χ3v) is 4.06. The molecule has 108 valence electrons. The molecule has 0 saturated heterocycles. The Morgan fingerprint density at radius 1 is 1.32 bits per heavy atom. The van der Waals surface area contributed by atoms with Crippen molar-refractivity contribution in [2.75, 3.05) is 6.61 Å². The Labute approximate surface area is 119 Å². The van der Waals surface area contributed by atoms with Gasteiger partial charge in [0.1, 0.15) is 0 Å². The van der Waals surface area contributed by atoms with Gasteiger partial charge in [0.2, 0.25) is 0 Å². The van der Waals surface area contributed by atoms with Crippen LogP contribution in [0.3, 0.4) is 0 Å². The molecule has 19 heavy (non-hydrogen) atoms. The summed E-state index contributed by atoms with van der Waals surface area (Å²) in [6, 6.07) is 0. The Bertz CT molecular complexity index is 360. The van der Waals surface area contributed by atoms with Gasteiger partial charge in [-0.3, -0.25) is 0 Å². The zero-order valence-electron chi connectivity index (χ0n) is 13.2. The Hall–Kier alpha value is -0.820. The van der Waals surface area contributed by atoms with Crippen LogP contribution in [0, 0.1) is 0 Å². The van der Waals surface area contributed by atoms with Crippen LogP contribution in [0.25, 0.3) is 0 Å². The summed E-state index contributed by atoms with van der Waals surface area (Å²) < 4.78 is 5.83. The lowest BCUT2D eigenvalue weighted by Gasteiger charge is -2.14. The van der Waals surface area contributed by atoms with Crippen LogP contribution in [0.5, 0.6) is 0 Å². The van der Waals surface area contributed by atoms with Crippen LogP contribution >= 0.6 is 0 Å². The van der Waals surface area contributed by atoms with Crippen molar-refractivity contribution in [1.82, 2.24) is 0 Å². The topological polar surface area (TPSA) is 9.23 Å². The molecule has 0 saturated carbocycles. The predicted molar refractivity (Wildman–Crippen MR) is 84.4 cm³/mol. The number of rotatable bonds is 8. The molecule has 0 amide bonds. The molecule has 1 nitrogen and oxygen atoms in total. The van der Waals surface area contributed by atoms with E-state index in [2.05, 4.69) is 40.3 Å². The van der Waals surface area contributed by atoms with Crippen molar-refractivity contribution in [2.24, 2.45) is 0 Å². The molecular weight excluding hydrogens is 232 g/mol. The standard InChI is InChI=1S/C18H30O/c1-6-9-11-16(8-3)14(4)18-13-19-15(5)17(18)12-10-7-2/h8,15H,4,6-7,9-13H2,1-3,5H3/b16-8+/t15-/m0/s1. The lowest BCUT2D eigenvalue weighted by atomic mass is 9.90. The fourth-order valence-electron chi connectivity index (χ4n) is 2.68. The van der Waals surface area contributed by atoms with Crippen LogP contribution in [0.2, 0.25) is 0 Å². The lowest BCUT2D eigenvalue weighted by molar-refractivity contribution is 0.132. The quantitative estimate of drug-likeness (QED) is 0.518. The summed E-state index contributed by atoms with van der Waals surface area (Å²) in [7, 11) is 0. The molecule has 1 heterocycles. The summed E-state index contributed by atoms with van der Waals surface area (Å²) in [5.74, 6) is 0. The molecule has 0 bridgehead atoms. The van der Waals surface area contributed by atoms with Gasteiger partial charge < -0.3 is 4.74 Å². The molecule has 1 rings (SSSR count). The average molecular weight is 262 g/mol. The van der Waals surface area contributed by atoms with Crippen LogP contribution in [0.4, 0.5) is 0 Å². The monoisotopic (exact) mass is 262 g/mol. The second kappa shape index (κ2) is 8.37. The molecule has 0 spiro atoms. The fraction of sp³-hybridized carbons (Fsp3) is 0.667. The van der Waals surface area contributed by atoms with Crippen LogP contribution < -0.4 is 0 Å². The highest BCUT2D eigenvalue weighted by Crippen LogP contribution is 2.33. The first-order chi connectivity index (χ1) is 9.15. The van der Waals surface area contributed by atoms with Gasteiger partial charge in [0, 0.05) is 0 Å². The molecule has 1 atom stereocenters. The van der Waals surface area contributed by atoms with Crippen LogP contribution in [0.1, 0.15) is 66.2 Å². The highest BCUT2D eigenvalue weighted by Gasteiger charge is 2.24. The summed E-state index contributed by atoms with van der Waals surface area (Å²) in [5, 5.41) is 0. The van der Waals surface area contributed by atoms with Gasteiger partial charge in [-0.2, -0.15) is 0 Å². The van der Waals surface area contributed by atoms with E-state index in [9.17, 15) is 0 Å². The van der Waals surface area contributed by atoms with Crippen molar-refractivity contribution in [1.29, 1.82) is 0 Å². The fourth-order valence-corrected chi connectivity index (χ4v) is 2.68. The number of hydrogen-bond donors (Lipinski definition) is 0. The van der Waals surface area contributed by atoms with Gasteiger partial charge in [-0.15, -0.1) is 0 Å². The van der Waals surface area contributed by atoms with Crippen molar-refractivity contribution in [3.05, 3.63) is 34.9 Å². The van der Waals surface area contributed by atoms with Gasteiger partial charge in [-0.1, -0.05) is 39.3 Å². The highest BCUT2D eigenvalue weighted by molar-refractivity contribution is 5.49. The van der Waals surface area contributed by atoms with Crippen LogP contribution in [0.15, 0.2) is 34.9 Å². The second-order valence-corrected chi connectivity index (χ2v) is 5.46. The van der Waals surface area contributed by atoms with Gasteiger partial charge in [-0.25, -0.2) is 0 Å². The Morgan fingerprint density at radius 2 is 2.00 bits per heavy atom. The molecular formula is C18H30O. The van der Waals surface area contributed by atoms with Crippen molar-refractivity contribution in [2.45, 2.75) is 72.3 Å². The molecule has 1 aliphatic rings. The summed E-state index contributed by atoms with van der Waals surface area (Å²) in [5.41, 5.74) is 5.50. The van der Waals surface area contributed by atoms with E-state index in [1.54, 1.807) is 0 Å². The Kier molecular flexibility index (Phi) is 7.15.